The van der Waals surface area contributed by atoms with E-state index in [1.165, 1.54) is 16.0 Å². The number of aryl methyl sites for hydroxylation is 1. The molecule has 1 aliphatic carbocycles. The Bertz CT molecular complexity index is 1210. The van der Waals surface area contributed by atoms with Crippen molar-refractivity contribution in [1.82, 2.24) is 15.2 Å². The number of pyridine rings is 1. The van der Waals surface area contributed by atoms with Crippen LogP contribution in [0.25, 0.3) is 10.9 Å². The van der Waals surface area contributed by atoms with Crippen LogP contribution in [0.3, 0.4) is 0 Å². The molecule has 1 aliphatic heterocycles. The number of carbonyl (C=O) groups excluding carboxylic acids is 1. The highest BCUT2D eigenvalue weighted by atomic mass is 19.4. The SMILES string of the molecule is O=C(Nc1ccc2nc(N[C@@H]3CCc4ccccc43)ccc2c1)NC1CCN(CC(F)(F)F)CC1. The summed E-state index contributed by atoms with van der Waals surface area (Å²) in [5.41, 5.74) is 4.17. The van der Waals surface area contributed by atoms with Gasteiger partial charge in [-0.25, -0.2) is 9.78 Å². The number of nitrogens with zero attached hydrogens (tertiary/aromatic N) is 2. The van der Waals surface area contributed by atoms with Gasteiger partial charge in [-0.15, -0.1) is 0 Å². The van der Waals surface area contributed by atoms with E-state index in [0.29, 0.717) is 31.6 Å². The summed E-state index contributed by atoms with van der Waals surface area (Å²) in [5.74, 6) is 0.814. The molecule has 2 heterocycles. The zero-order chi connectivity index (χ0) is 24.4. The summed E-state index contributed by atoms with van der Waals surface area (Å²) in [7, 11) is 0. The van der Waals surface area contributed by atoms with Gasteiger partial charge in [-0.05, 0) is 67.1 Å². The van der Waals surface area contributed by atoms with Crippen molar-refractivity contribution < 1.29 is 18.0 Å². The molecular weight excluding hydrogens is 455 g/mol. The smallest absolute Gasteiger partial charge is 0.363 e. The normalized spacial score (nSPS) is 18.9. The van der Waals surface area contributed by atoms with Gasteiger partial charge < -0.3 is 16.0 Å². The molecule has 2 amide bonds. The minimum absolute atomic E-state index is 0.143. The van der Waals surface area contributed by atoms with Crippen molar-refractivity contribution in [3.05, 3.63) is 65.7 Å². The lowest BCUT2D eigenvalue weighted by molar-refractivity contribution is -0.148. The number of hydrogen-bond donors (Lipinski definition) is 3. The molecule has 0 radical (unpaired) electrons. The number of alkyl halides is 3. The molecule has 1 atom stereocenters. The van der Waals surface area contributed by atoms with Gasteiger partial charge in [0, 0.05) is 30.2 Å². The van der Waals surface area contributed by atoms with E-state index in [2.05, 4.69) is 40.2 Å². The quantitative estimate of drug-likeness (QED) is 0.449. The number of piperidine rings is 1. The molecule has 1 aromatic heterocycles. The largest absolute Gasteiger partial charge is 0.401 e. The number of nitrogens with one attached hydrogen (secondary N) is 3. The summed E-state index contributed by atoms with van der Waals surface area (Å²) in [6.45, 7) is -0.272. The number of aromatic nitrogens is 1. The summed E-state index contributed by atoms with van der Waals surface area (Å²) in [6, 6.07) is 17.7. The van der Waals surface area contributed by atoms with E-state index in [0.717, 1.165) is 29.6 Å². The first-order chi connectivity index (χ1) is 16.8. The highest BCUT2D eigenvalue weighted by Crippen LogP contribution is 2.33. The van der Waals surface area contributed by atoms with Crippen LogP contribution < -0.4 is 16.0 Å². The number of carbonyl (C=O) groups is 1. The molecule has 2 aromatic carbocycles. The molecule has 5 rings (SSSR count). The van der Waals surface area contributed by atoms with Gasteiger partial charge >= 0.3 is 12.2 Å². The summed E-state index contributed by atoms with van der Waals surface area (Å²) in [6.07, 6.45) is -1.11. The molecule has 1 saturated heterocycles. The van der Waals surface area contributed by atoms with E-state index >= 15 is 0 Å². The lowest BCUT2D eigenvalue weighted by atomic mass is 10.1. The molecular formula is C26H28F3N5O. The second-order valence-electron chi connectivity index (χ2n) is 9.30. The van der Waals surface area contributed by atoms with Crippen LogP contribution in [-0.4, -0.2) is 47.8 Å². The second-order valence-corrected chi connectivity index (χ2v) is 9.30. The Balaban J connectivity index is 1.16. The fourth-order valence-corrected chi connectivity index (χ4v) is 5.01. The molecule has 1 fully saturated rings. The second kappa shape index (κ2) is 9.73. The predicted octanol–water partition coefficient (Wildman–Crippen LogP) is 5.48. The topological polar surface area (TPSA) is 69.3 Å². The molecule has 3 N–H and O–H groups in total. The molecule has 0 unspecified atom stereocenters. The van der Waals surface area contributed by atoms with Gasteiger partial charge in [0.2, 0.25) is 0 Å². The number of likely N-dealkylation sites (tertiary alicyclic amines) is 1. The molecule has 6 nitrogen and oxygen atoms in total. The number of benzene rings is 2. The molecule has 0 bridgehead atoms. The zero-order valence-electron chi connectivity index (χ0n) is 19.2. The molecule has 184 valence electrons. The number of amides is 2. The fourth-order valence-electron chi connectivity index (χ4n) is 5.01. The van der Waals surface area contributed by atoms with Gasteiger partial charge in [-0.2, -0.15) is 13.2 Å². The maximum atomic E-state index is 12.5. The van der Waals surface area contributed by atoms with Gasteiger partial charge in [0.25, 0.3) is 0 Å². The van der Waals surface area contributed by atoms with Crippen LogP contribution in [0.1, 0.15) is 36.4 Å². The van der Waals surface area contributed by atoms with E-state index in [1.54, 1.807) is 6.07 Å². The van der Waals surface area contributed by atoms with Crippen molar-refractivity contribution >= 4 is 28.4 Å². The third-order valence-electron chi connectivity index (χ3n) is 6.73. The van der Waals surface area contributed by atoms with E-state index in [1.807, 2.05) is 24.3 Å². The summed E-state index contributed by atoms with van der Waals surface area (Å²) in [4.78, 5) is 18.5. The van der Waals surface area contributed by atoms with Gasteiger partial charge in [0.05, 0.1) is 18.1 Å². The highest BCUT2D eigenvalue weighted by molar-refractivity contribution is 5.93. The summed E-state index contributed by atoms with van der Waals surface area (Å²) in [5, 5.41) is 10.1. The van der Waals surface area contributed by atoms with Crippen LogP contribution in [0.4, 0.5) is 29.5 Å². The van der Waals surface area contributed by atoms with E-state index in [9.17, 15) is 18.0 Å². The standard InChI is InChI=1S/C26H28F3N5O/c27-26(28,29)16-34-13-11-19(12-14-34)30-25(35)31-20-7-9-22-18(15-20)6-10-24(32-22)33-23-8-5-17-3-1-2-4-21(17)23/h1-4,6-7,9-10,15,19,23H,5,8,11-14,16H2,(H,32,33)(H2,30,31,35)/t23-/m1/s1. The van der Waals surface area contributed by atoms with Crippen LogP contribution in [0.2, 0.25) is 0 Å². The van der Waals surface area contributed by atoms with Crippen LogP contribution >= 0.6 is 0 Å². The first-order valence-electron chi connectivity index (χ1n) is 11.9. The van der Waals surface area contributed by atoms with Crippen molar-refractivity contribution in [2.45, 2.75) is 43.9 Å². The lowest BCUT2D eigenvalue weighted by Gasteiger charge is -2.32. The van der Waals surface area contributed by atoms with E-state index in [4.69, 9.17) is 4.98 Å². The minimum Gasteiger partial charge on any atom is -0.363 e. The monoisotopic (exact) mass is 483 g/mol. The average Bonchev–Trinajstić information content (AvgIpc) is 3.22. The van der Waals surface area contributed by atoms with Crippen molar-refractivity contribution in [2.75, 3.05) is 30.3 Å². The van der Waals surface area contributed by atoms with E-state index < -0.39 is 12.7 Å². The van der Waals surface area contributed by atoms with Crippen LogP contribution in [0.5, 0.6) is 0 Å². The van der Waals surface area contributed by atoms with Crippen LogP contribution in [0.15, 0.2) is 54.6 Å². The predicted molar refractivity (Wildman–Crippen MR) is 131 cm³/mol. The molecule has 35 heavy (non-hydrogen) atoms. The van der Waals surface area contributed by atoms with Crippen molar-refractivity contribution in [3.8, 4) is 0 Å². The molecule has 9 heteroatoms. The van der Waals surface area contributed by atoms with Gasteiger partial charge in [0.1, 0.15) is 5.82 Å². The van der Waals surface area contributed by atoms with Gasteiger partial charge in [-0.1, -0.05) is 24.3 Å². The molecule has 0 spiro atoms. The Morgan fingerprint density at radius 2 is 1.83 bits per heavy atom. The van der Waals surface area contributed by atoms with Crippen LogP contribution in [-0.2, 0) is 6.42 Å². The Labute approximate surface area is 201 Å². The maximum Gasteiger partial charge on any atom is 0.401 e. The van der Waals surface area contributed by atoms with Crippen molar-refractivity contribution in [3.63, 3.8) is 0 Å². The fraction of sp³-hybridized carbons (Fsp3) is 0.385. The average molecular weight is 484 g/mol. The number of rotatable bonds is 5. The first kappa shape index (κ1) is 23.4. The lowest BCUT2D eigenvalue weighted by Crippen LogP contribution is -2.47. The summed E-state index contributed by atoms with van der Waals surface area (Å²) < 4.78 is 37.6. The summed E-state index contributed by atoms with van der Waals surface area (Å²) >= 11 is 0. The first-order valence-corrected chi connectivity index (χ1v) is 11.9. The zero-order valence-corrected chi connectivity index (χ0v) is 19.2. The van der Waals surface area contributed by atoms with Crippen molar-refractivity contribution in [2.24, 2.45) is 0 Å². The third-order valence-corrected chi connectivity index (χ3v) is 6.73. The minimum atomic E-state index is -4.19. The molecule has 0 saturated carbocycles. The Hall–Kier alpha value is -3.33. The number of fused-ring (bicyclic) bond motifs is 2. The van der Waals surface area contributed by atoms with Gasteiger partial charge in [0.15, 0.2) is 0 Å². The number of hydrogen-bond acceptors (Lipinski definition) is 4. The van der Waals surface area contributed by atoms with Crippen molar-refractivity contribution in [1.29, 1.82) is 0 Å². The number of anilines is 2. The Kier molecular flexibility index (Phi) is 6.51. The maximum absolute atomic E-state index is 12.5. The van der Waals surface area contributed by atoms with Gasteiger partial charge in [-0.3, -0.25) is 4.90 Å². The number of urea groups is 1. The number of halogens is 3. The molecule has 3 aromatic rings. The highest BCUT2D eigenvalue weighted by Gasteiger charge is 2.32. The van der Waals surface area contributed by atoms with E-state index in [-0.39, 0.29) is 18.1 Å². The molecule has 2 aliphatic rings. The Morgan fingerprint density at radius 1 is 1.03 bits per heavy atom. The Morgan fingerprint density at radius 3 is 2.63 bits per heavy atom. The third kappa shape index (κ3) is 5.85. The van der Waals surface area contributed by atoms with Crippen LogP contribution in [0, 0.1) is 0 Å².